The number of methoxy groups -OCH3 is 1. The predicted octanol–water partition coefficient (Wildman–Crippen LogP) is 1.92. The Morgan fingerprint density at radius 1 is 1.54 bits per heavy atom. The van der Waals surface area contributed by atoms with Gasteiger partial charge in [-0.15, -0.1) is 0 Å². The standard InChI is InChI=1S/C9H7ClO3/c1-12-5-2-6-8(11)4-13-9(6)7(10)3-5/h2-3H,4H2,1H3. The quantitative estimate of drug-likeness (QED) is 0.692. The minimum atomic E-state index is -0.0594. The van der Waals surface area contributed by atoms with Gasteiger partial charge in [0.1, 0.15) is 11.5 Å². The Kier molecular flexibility index (Phi) is 1.88. The average molecular weight is 199 g/mol. The van der Waals surface area contributed by atoms with E-state index >= 15 is 0 Å². The summed E-state index contributed by atoms with van der Waals surface area (Å²) in [6, 6.07) is 3.26. The fourth-order valence-corrected chi connectivity index (χ4v) is 1.52. The van der Waals surface area contributed by atoms with Gasteiger partial charge in [0.25, 0.3) is 0 Å². The molecule has 0 fully saturated rings. The summed E-state index contributed by atoms with van der Waals surface area (Å²) in [6.45, 7) is 0.0716. The molecule has 0 saturated heterocycles. The van der Waals surface area contributed by atoms with Gasteiger partial charge in [0, 0.05) is 6.07 Å². The molecule has 0 atom stereocenters. The van der Waals surface area contributed by atoms with Crippen molar-refractivity contribution in [1.82, 2.24) is 0 Å². The number of rotatable bonds is 1. The summed E-state index contributed by atoms with van der Waals surface area (Å²) in [5, 5.41) is 0.417. The van der Waals surface area contributed by atoms with Gasteiger partial charge in [0.15, 0.2) is 6.61 Å². The average Bonchev–Trinajstić information content (AvgIpc) is 2.48. The first kappa shape index (κ1) is 8.38. The molecule has 2 rings (SSSR count). The maximum Gasteiger partial charge on any atom is 0.204 e. The second-order valence-corrected chi connectivity index (χ2v) is 3.10. The molecular formula is C9H7ClO3. The van der Waals surface area contributed by atoms with E-state index < -0.39 is 0 Å². The molecule has 3 nitrogen and oxygen atoms in total. The monoisotopic (exact) mass is 198 g/mol. The molecule has 0 radical (unpaired) electrons. The zero-order chi connectivity index (χ0) is 9.42. The Morgan fingerprint density at radius 3 is 3.00 bits per heavy atom. The van der Waals surface area contributed by atoms with Crippen molar-refractivity contribution in [1.29, 1.82) is 0 Å². The number of halogens is 1. The topological polar surface area (TPSA) is 35.5 Å². The zero-order valence-electron chi connectivity index (χ0n) is 6.96. The number of ketones is 1. The van der Waals surface area contributed by atoms with Crippen LogP contribution in [-0.4, -0.2) is 19.5 Å². The molecule has 68 valence electrons. The van der Waals surface area contributed by atoms with Gasteiger partial charge >= 0.3 is 0 Å². The van der Waals surface area contributed by atoms with Crippen LogP contribution in [0.25, 0.3) is 0 Å². The lowest BCUT2D eigenvalue weighted by Crippen LogP contribution is -1.98. The maximum absolute atomic E-state index is 11.2. The fraction of sp³-hybridized carbons (Fsp3) is 0.222. The molecule has 0 bridgehead atoms. The molecule has 1 aromatic rings. The fourth-order valence-electron chi connectivity index (χ4n) is 1.26. The number of hydrogen-bond acceptors (Lipinski definition) is 3. The van der Waals surface area contributed by atoms with E-state index in [4.69, 9.17) is 21.1 Å². The molecule has 0 amide bonds. The molecule has 0 unspecified atom stereocenters. The Bertz CT molecular complexity index is 373. The van der Waals surface area contributed by atoms with Gasteiger partial charge in [0.05, 0.1) is 17.7 Å². The number of Topliss-reactive ketones (excluding diaryl/α,β-unsaturated/α-hetero) is 1. The highest BCUT2D eigenvalue weighted by molar-refractivity contribution is 6.33. The number of benzene rings is 1. The van der Waals surface area contributed by atoms with E-state index in [-0.39, 0.29) is 12.4 Å². The van der Waals surface area contributed by atoms with Crippen molar-refractivity contribution in [3.8, 4) is 11.5 Å². The summed E-state index contributed by atoms with van der Waals surface area (Å²) in [5.41, 5.74) is 0.504. The van der Waals surface area contributed by atoms with Crippen LogP contribution < -0.4 is 9.47 Å². The van der Waals surface area contributed by atoms with E-state index in [2.05, 4.69) is 0 Å². The van der Waals surface area contributed by atoms with Crippen molar-refractivity contribution in [3.05, 3.63) is 22.7 Å². The maximum atomic E-state index is 11.2. The number of carbonyl (C=O) groups excluding carboxylic acids is 1. The number of fused-ring (bicyclic) bond motifs is 1. The molecular weight excluding hydrogens is 192 g/mol. The minimum Gasteiger partial charge on any atom is -0.497 e. The van der Waals surface area contributed by atoms with E-state index in [0.717, 1.165) is 0 Å². The lowest BCUT2D eigenvalue weighted by molar-refractivity contribution is 0.0961. The Morgan fingerprint density at radius 2 is 2.31 bits per heavy atom. The minimum absolute atomic E-state index is 0.0594. The molecule has 0 aliphatic carbocycles. The normalized spacial score (nSPS) is 13.8. The van der Waals surface area contributed by atoms with Crippen LogP contribution in [0, 0.1) is 0 Å². The third kappa shape index (κ3) is 1.25. The van der Waals surface area contributed by atoms with E-state index in [1.54, 1.807) is 12.1 Å². The van der Waals surface area contributed by atoms with E-state index in [0.29, 0.717) is 22.1 Å². The number of carbonyl (C=O) groups is 1. The summed E-state index contributed by atoms with van der Waals surface area (Å²) < 4.78 is 10.1. The first-order valence-corrected chi connectivity index (χ1v) is 4.13. The molecule has 1 aliphatic rings. The lowest BCUT2D eigenvalue weighted by atomic mass is 10.1. The first-order valence-electron chi connectivity index (χ1n) is 3.76. The molecule has 4 heteroatoms. The number of hydrogen-bond donors (Lipinski definition) is 0. The highest BCUT2D eigenvalue weighted by atomic mass is 35.5. The molecule has 0 saturated carbocycles. The lowest BCUT2D eigenvalue weighted by Gasteiger charge is -2.03. The van der Waals surface area contributed by atoms with E-state index in [1.165, 1.54) is 7.11 Å². The summed E-state index contributed by atoms with van der Waals surface area (Å²) in [4.78, 5) is 11.2. The molecule has 1 heterocycles. The summed E-state index contributed by atoms with van der Waals surface area (Å²) in [7, 11) is 1.53. The van der Waals surface area contributed by atoms with Crippen LogP contribution in [0.2, 0.25) is 5.02 Å². The van der Waals surface area contributed by atoms with Crippen LogP contribution in [0.1, 0.15) is 10.4 Å². The first-order chi connectivity index (χ1) is 6.22. The van der Waals surface area contributed by atoms with Gasteiger partial charge in [-0.05, 0) is 6.07 Å². The van der Waals surface area contributed by atoms with Crippen LogP contribution in [0.15, 0.2) is 12.1 Å². The Hall–Kier alpha value is -1.22. The SMILES string of the molecule is COc1cc(Cl)c2c(c1)C(=O)CO2. The zero-order valence-corrected chi connectivity index (χ0v) is 7.72. The summed E-state index contributed by atoms with van der Waals surface area (Å²) in [5.74, 6) is 0.978. The third-order valence-electron chi connectivity index (χ3n) is 1.90. The Labute approximate surface area is 80.2 Å². The van der Waals surface area contributed by atoms with Crippen LogP contribution in [-0.2, 0) is 0 Å². The molecule has 0 aromatic heterocycles. The third-order valence-corrected chi connectivity index (χ3v) is 2.18. The van der Waals surface area contributed by atoms with Crippen molar-refractivity contribution in [2.24, 2.45) is 0 Å². The summed E-state index contributed by atoms with van der Waals surface area (Å²) in [6.07, 6.45) is 0. The van der Waals surface area contributed by atoms with Crippen molar-refractivity contribution < 1.29 is 14.3 Å². The van der Waals surface area contributed by atoms with Crippen LogP contribution in [0.4, 0.5) is 0 Å². The van der Waals surface area contributed by atoms with Gasteiger partial charge in [-0.3, -0.25) is 4.79 Å². The van der Waals surface area contributed by atoms with Gasteiger partial charge in [0.2, 0.25) is 5.78 Å². The summed E-state index contributed by atoms with van der Waals surface area (Å²) >= 11 is 5.86. The molecule has 1 aromatic carbocycles. The van der Waals surface area contributed by atoms with Crippen LogP contribution in [0.3, 0.4) is 0 Å². The number of ether oxygens (including phenoxy) is 2. The van der Waals surface area contributed by atoms with E-state index in [9.17, 15) is 4.79 Å². The highest BCUT2D eigenvalue weighted by Crippen LogP contribution is 2.36. The highest BCUT2D eigenvalue weighted by Gasteiger charge is 2.24. The van der Waals surface area contributed by atoms with Crippen molar-refractivity contribution >= 4 is 17.4 Å². The second kappa shape index (κ2) is 2.92. The predicted molar refractivity (Wildman–Crippen MR) is 47.8 cm³/mol. The van der Waals surface area contributed by atoms with Crippen LogP contribution in [0.5, 0.6) is 11.5 Å². The van der Waals surface area contributed by atoms with Gasteiger partial charge in [-0.2, -0.15) is 0 Å². The van der Waals surface area contributed by atoms with Gasteiger partial charge < -0.3 is 9.47 Å². The van der Waals surface area contributed by atoms with Crippen LogP contribution >= 0.6 is 11.6 Å². The molecule has 0 spiro atoms. The Balaban J connectivity index is 2.60. The second-order valence-electron chi connectivity index (χ2n) is 2.70. The van der Waals surface area contributed by atoms with Gasteiger partial charge in [-0.1, -0.05) is 11.6 Å². The van der Waals surface area contributed by atoms with Gasteiger partial charge in [-0.25, -0.2) is 0 Å². The molecule has 1 aliphatic heterocycles. The molecule has 0 N–H and O–H groups in total. The molecule has 13 heavy (non-hydrogen) atoms. The van der Waals surface area contributed by atoms with Crippen molar-refractivity contribution in [2.45, 2.75) is 0 Å². The largest absolute Gasteiger partial charge is 0.497 e. The van der Waals surface area contributed by atoms with E-state index in [1.807, 2.05) is 0 Å². The van der Waals surface area contributed by atoms with Crippen molar-refractivity contribution in [3.63, 3.8) is 0 Å². The smallest absolute Gasteiger partial charge is 0.204 e. The van der Waals surface area contributed by atoms with Crippen molar-refractivity contribution in [2.75, 3.05) is 13.7 Å².